The number of cyclic esters (lactones) is 1. The second kappa shape index (κ2) is 31.9. The number of aromatic nitrogens is 1. The van der Waals surface area contributed by atoms with Gasteiger partial charge < -0.3 is 98.5 Å². The number of benzene rings is 1. The molecule has 88 heavy (non-hydrogen) atoms. The molecule has 3 aliphatic heterocycles. The number of nitrogens with one attached hydrogen (secondary N) is 3. The van der Waals surface area contributed by atoms with Crippen LogP contribution in [0.15, 0.2) is 23.1 Å². The number of ether oxygens (including phenoxy) is 9. The van der Waals surface area contributed by atoms with E-state index in [4.69, 9.17) is 54.2 Å². The first kappa shape index (κ1) is 72.9. The van der Waals surface area contributed by atoms with Crippen molar-refractivity contribution in [2.45, 2.75) is 211 Å². The van der Waals surface area contributed by atoms with E-state index in [0.717, 1.165) is 12.8 Å². The molecule has 8 N–H and O–H groups in total. The number of amides is 1. The van der Waals surface area contributed by atoms with Crippen molar-refractivity contribution in [3.8, 4) is 0 Å². The van der Waals surface area contributed by atoms with Gasteiger partial charge in [0.25, 0.3) is 0 Å². The van der Waals surface area contributed by atoms with Crippen LogP contribution < -0.4 is 21.4 Å². The lowest BCUT2D eigenvalue weighted by Gasteiger charge is -2.49. The van der Waals surface area contributed by atoms with Crippen molar-refractivity contribution in [3.63, 3.8) is 0 Å². The molecule has 0 unspecified atom stereocenters. The van der Waals surface area contributed by atoms with Crippen molar-refractivity contribution in [2.75, 3.05) is 92.7 Å². The van der Waals surface area contributed by atoms with Crippen LogP contribution in [0, 0.1) is 17.8 Å². The Bertz CT molecular complexity index is 2700. The number of hydrogen-bond donors (Lipinski definition) is 8. The van der Waals surface area contributed by atoms with Crippen LogP contribution in [-0.4, -0.2) is 241 Å². The maximum Gasteiger partial charge on any atom is 0.341 e. The number of aliphatic hydroxyl groups is 4. The maximum absolute atomic E-state index is 14.6. The Labute approximate surface area is 522 Å². The minimum Gasteiger partial charge on any atom is -0.477 e. The smallest absolute Gasteiger partial charge is 0.341 e. The monoisotopic (exact) mass is 1270 g/mol. The minimum atomic E-state index is -1.88. The number of nitrogens with zero attached hydrogens (tertiary/aromatic N) is 3. The van der Waals surface area contributed by atoms with Crippen molar-refractivity contribution in [3.05, 3.63) is 39.1 Å². The van der Waals surface area contributed by atoms with Crippen LogP contribution in [0.4, 0.5) is 5.69 Å². The number of likely N-dealkylation sites (N-methyl/N-ethyl adjacent to an activating group) is 2. The fourth-order valence-electron chi connectivity index (χ4n) is 12.8. The molecule has 2 aromatic rings. The Balaban J connectivity index is 1.00. The average molecular weight is 1270 g/mol. The van der Waals surface area contributed by atoms with E-state index in [-0.39, 0.29) is 60.7 Å². The van der Waals surface area contributed by atoms with Crippen LogP contribution in [0.3, 0.4) is 0 Å². The standard InChI is InChI=1S/C62H101ClN6O19/c1-15-47-62(10,79)54(74)38(6)68(13)32-34(2)29-60(8,78)55(88-59-52(73)46(67(11)12)26-35(3)83-59)36(4)53(37(5)58(77)85-47)87-50-30-61(9,80-14)56(39(7)84-50)86-49(71)31-66-48(70)18-19-64-20-22-81-24-25-82-23-21-65-44-27-41-45(28-43(44)63)69(40-16-17-40)33-42(51(41)72)57(75)76/h27-28,33-40,46-47,50,52-56,59,64-65,73-74,78-79H,15-26,29-32H2,1-14H3,(H,66,70)(H,75,76)/t34-,35-,36-,37-,38-,39+,46+,47+,50+,52-,53+,54-,55-,56+,59+,60-,61-,62-/m0/s1. The maximum atomic E-state index is 14.6. The van der Waals surface area contributed by atoms with Crippen LogP contribution in [-0.2, 0) is 57.0 Å². The van der Waals surface area contributed by atoms with Gasteiger partial charge in [-0.05, 0) is 120 Å². The van der Waals surface area contributed by atoms with Gasteiger partial charge in [0, 0.05) is 81.8 Å². The normalized spacial score (nSPS) is 34.8. The first-order valence-corrected chi connectivity index (χ1v) is 31.5. The number of esters is 2. The largest absolute Gasteiger partial charge is 0.477 e. The van der Waals surface area contributed by atoms with Crippen LogP contribution in [0.1, 0.15) is 131 Å². The molecule has 0 radical (unpaired) electrons. The van der Waals surface area contributed by atoms with E-state index in [1.807, 2.05) is 49.4 Å². The highest BCUT2D eigenvalue weighted by atomic mass is 35.5. The van der Waals surface area contributed by atoms with Crippen LogP contribution in [0.2, 0.25) is 5.02 Å². The number of fused-ring (bicyclic) bond motifs is 1. The first-order valence-electron chi connectivity index (χ1n) is 31.1. The van der Waals surface area contributed by atoms with Crippen LogP contribution >= 0.6 is 11.6 Å². The van der Waals surface area contributed by atoms with E-state index in [0.29, 0.717) is 75.3 Å². The predicted molar refractivity (Wildman–Crippen MR) is 327 cm³/mol. The fourth-order valence-corrected chi connectivity index (χ4v) is 13.0. The molecule has 0 spiro atoms. The molecule has 4 fully saturated rings. The summed E-state index contributed by atoms with van der Waals surface area (Å²) < 4.78 is 57.7. The molecule has 1 aliphatic carbocycles. The zero-order chi connectivity index (χ0) is 65.2. The molecule has 1 aromatic carbocycles. The number of carbonyl (C=O) groups excluding carboxylic acids is 3. The molecular weight excluding hydrogens is 1170 g/mol. The third-order valence-corrected chi connectivity index (χ3v) is 18.3. The summed E-state index contributed by atoms with van der Waals surface area (Å²) >= 11 is 6.55. The van der Waals surface area contributed by atoms with Crippen LogP contribution in [0.5, 0.6) is 0 Å². The second-order valence-electron chi connectivity index (χ2n) is 25.7. The van der Waals surface area contributed by atoms with Crippen molar-refractivity contribution in [2.24, 2.45) is 17.8 Å². The molecule has 18 atom stereocenters. The Morgan fingerprint density at radius 2 is 1.57 bits per heavy atom. The van der Waals surface area contributed by atoms with Gasteiger partial charge in [-0.25, -0.2) is 4.79 Å². The number of halogens is 1. The number of aromatic carboxylic acids is 1. The summed E-state index contributed by atoms with van der Waals surface area (Å²) in [5.74, 6) is -5.39. The predicted octanol–water partition coefficient (Wildman–Crippen LogP) is 3.69. The van der Waals surface area contributed by atoms with Gasteiger partial charge >= 0.3 is 17.9 Å². The van der Waals surface area contributed by atoms with Gasteiger partial charge in [0.1, 0.15) is 41.6 Å². The molecular formula is C62H101ClN6O19. The second-order valence-corrected chi connectivity index (χ2v) is 26.1. The number of hydrogen-bond acceptors (Lipinski definition) is 22. The van der Waals surface area contributed by atoms with Gasteiger partial charge in [-0.15, -0.1) is 0 Å². The number of carboxylic acids is 1. The quantitative estimate of drug-likeness (QED) is 0.0519. The van der Waals surface area contributed by atoms with Gasteiger partial charge in [-0.3, -0.25) is 19.2 Å². The molecule has 26 heteroatoms. The highest BCUT2D eigenvalue weighted by Gasteiger charge is 2.54. The molecule has 6 rings (SSSR count). The lowest BCUT2D eigenvalue weighted by atomic mass is 9.77. The fraction of sp³-hybridized carbons (Fsp3) is 0.790. The van der Waals surface area contributed by atoms with E-state index < -0.39 is 126 Å². The molecule has 3 saturated heterocycles. The van der Waals surface area contributed by atoms with Gasteiger partial charge in [-0.2, -0.15) is 0 Å². The van der Waals surface area contributed by atoms with Crippen molar-refractivity contribution in [1.29, 1.82) is 0 Å². The van der Waals surface area contributed by atoms with Gasteiger partial charge in [0.05, 0.1) is 78.6 Å². The van der Waals surface area contributed by atoms with E-state index in [2.05, 4.69) is 16.0 Å². The van der Waals surface area contributed by atoms with E-state index in [1.165, 1.54) is 20.2 Å². The minimum absolute atomic E-state index is 0.0218. The molecule has 1 saturated carbocycles. The molecule has 4 heterocycles. The van der Waals surface area contributed by atoms with E-state index in [1.54, 1.807) is 60.6 Å². The topological polar surface area (TPSA) is 317 Å². The lowest BCUT2D eigenvalue weighted by Crippen LogP contribution is -2.61. The summed E-state index contributed by atoms with van der Waals surface area (Å²) in [6, 6.07) is 2.46. The van der Waals surface area contributed by atoms with E-state index >= 15 is 0 Å². The Morgan fingerprint density at radius 3 is 2.19 bits per heavy atom. The summed E-state index contributed by atoms with van der Waals surface area (Å²) in [4.78, 5) is 69.4. The number of methoxy groups -OCH3 is 1. The van der Waals surface area contributed by atoms with Gasteiger partial charge in [0.15, 0.2) is 18.7 Å². The molecule has 1 aromatic heterocycles. The average Bonchev–Trinajstić information content (AvgIpc) is 1.50. The summed E-state index contributed by atoms with van der Waals surface area (Å²) in [7, 11) is 7.00. The van der Waals surface area contributed by atoms with Crippen LogP contribution in [0.25, 0.3) is 10.9 Å². The zero-order valence-corrected chi connectivity index (χ0v) is 54.7. The summed E-state index contributed by atoms with van der Waals surface area (Å²) in [5.41, 5.74) is -4.54. The SMILES string of the molecule is CC[C@H]1OC(=O)[C@@H](C)[C@H](O[C@@H]2C[C@](C)(OC)[C@H](OC(=O)CNC(=O)CCNCCOCCOCCNc3cc4c(=O)c(C(=O)O)cn(C5CC5)c4cc3Cl)[C@@H](C)O2)[C@H](C)[C@H](O[C@H]2O[C@@H](C)C[C@@H](N(C)C)[C@@H]2O)[C@@](C)(O)C[C@H](C)CN(C)[C@@H](C)[C@H](O)[C@@]1(C)O. The Kier molecular flexibility index (Phi) is 26.4. The summed E-state index contributed by atoms with van der Waals surface area (Å²) in [5, 5.41) is 67.3. The number of pyridine rings is 1. The highest BCUT2D eigenvalue weighted by molar-refractivity contribution is 6.34. The lowest BCUT2D eigenvalue weighted by molar-refractivity contribution is -0.318. The third-order valence-electron chi connectivity index (χ3n) is 18.0. The molecule has 500 valence electrons. The zero-order valence-electron chi connectivity index (χ0n) is 54.0. The number of carbonyl (C=O) groups is 4. The number of aliphatic hydroxyl groups excluding tert-OH is 2. The molecule has 0 bridgehead atoms. The highest BCUT2D eigenvalue weighted by Crippen LogP contribution is 2.42. The number of carboxylic acid groups (broad SMARTS) is 1. The third kappa shape index (κ3) is 18.5. The van der Waals surface area contributed by atoms with Gasteiger partial charge in [0.2, 0.25) is 11.3 Å². The number of anilines is 1. The van der Waals surface area contributed by atoms with Crippen molar-refractivity contribution in [1.82, 2.24) is 25.0 Å². The summed E-state index contributed by atoms with van der Waals surface area (Å²) in [6.07, 6.45) is -6.33. The van der Waals surface area contributed by atoms with E-state index in [9.17, 15) is 49.5 Å². The molecule has 25 nitrogen and oxygen atoms in total. The van der Waals surface area contributed by atoms with Crippen molar-refractivity contribution >= 4 is 52.0 Å². The number of rotatable bonds is 25. The van der Waals surface area contributed by atoms with Gasteiger partial charge in [-0.1, -0.05) is 32.4 Å². The molecule has 1 amide bonds. The Hall–Kier alpha value is -4.16. The molecule has 4 aliphatic rings. The first-order chi connectivity index (χ1) is 41.3. The van der Waals surface area contributed by atoms with Crippen molar-refractivity contribution < 1.29 is 87.3 Å². The Morgan fingerprint density at radius 1 is 0.898 bits per heavy atom. The summed E-state index contributed by atoms with van der Waals surface area (Å²) in [6.45, 7) is 19.6.